The summed E-state index contributed by atoms with van der Waals surface area (Å²) in [6, 6.07) is 30.6. The lowest BCUT2D eigenvalue weighted by Gasteiger charge is -2.40. The molecule has 0 radical (unpaired) electrons. The Morgan fingerprint density at radius 1 is 0.409 bits per heavy atom. The van der Waals surface area contributed by atoms with Gasteiger partial charge in [0, 0.05) is 21.4 Å². The Labute approximate surface area is 276 Å². The number of fused-ring (bicyclic) bond motifs is 2. The molecule has 0 unspecified atom stereocenters. The van der Waals surface area contributed by atoms with Crippen LogP contribution in [0.5, 0.6) is 0 Å². The van der Waals surface area contributed by atoms with Crippen molar-refractivity contribution in [2.45, 2.75) is 104 Å². The van der Waals surface area contributed by atoms with E-state index >= 15 is 0 Å². The highest BCUT2D eigenvalue weighted by atomic mass is 35.5. The Balaban J connectivity index is 1.39. The molecule has 5 rings (SSSR count). The summed E-state index contributed by atoms with van der Waals surface area (Å²) >= 11 is 13.3. The zero-order chi connectivity index (χ0) is 30.7. The van der Waals surface area contributed by atoms with Gasteiger partial charge in [0.1, 0.15) is 0 Å². The number of unbranched alkanes of at least 4 members (excludes halogenated alkanes) is 10. The van der Waals surface area contributed by atoms with Gasteiger partial charge in [-0.25, -0.2) is 0 Å². The standard InChI is InChI=1S/C40H48Cl2N2/c1-3-5-7-9-11-13-15-31-17-23-35(24-18-31)43-37-27-21-34(42)30-40(37)44(38-28-22-33(41)29-39(38)43)36-25-19-32(20-26-36)16-14-12-10-8-6-4-2/h17-30H,3-16H2,1-2H3. The van der Waals surface area contributed by atoms with E-state index in [9.17, 15) is 0 Å². The van der Waals surface area contributed by atoms with E-state index in [1.807, 2.05) is 12.1 Å². The molecule has 232 valence electrons. The molecule has 0 aromatic heterocycles. The van der Waals surface area contributed by atoms with E-state index < -0.39 is 0 Å². The van der Waals surface area contributed by atoms with Crippen molar-refractivity contribution in [1.29, 1.82) is 0 Å². The van der Waals surface area contributed by atoms with E-state index in [-0.39, 0.29) is 0 Å². The maximum atomic E-state index is 6.65. The van der Waals surface area contributed by atoms with E-state index in [2.05, 4.69) is 96.4 Å². The van der Waals surface area contributed by atoms with Gasteiger partial charge in [-0.3, -0.25) is 0 Å². The molecule has 0 saturated carbocycles. The molecule has 1 heterocycles. The van der Waals surface area contributed by atoms with Gasteiger partial charge in [-0.1, -0.05) is 126 Å². The van der Waals surface area contributed by atoms with Gasteiger partial charge >= 0.3 is 0 Å². The third-order valence-corrected chi connectivity index (χ3v) is 9.34. The molecule has 44 heavy (non-hydrogen) atoms. The Kier molecular flexibility index (Phi) is 12.1. The molecule has 0 aliphatic carbocycles. The van der Waals surface area contributed by atoms with E-state index in [4.69, 9.17) is 23.2 Å². The van der Waals surface area contributed by atoms with Crippen LogP contribution < -0.4 is 9.80 Å². The maximum absolute atomic E-state index is 6.65. The number of hydrogen-bond acceptors (Lipinski definition) is 2. The van der Waals surface area contributed by atoms with Crippen LogP contribution in [0.15, 0.2) is 84.9 Å². The summed E-state index contributed by atoms with van der Waals surface area (Å²) in [5.74, 6) is 0. The second-order valence-corrected chi connectivity index (χ2v) is 13.2. The molecule has 2 nitrogen and oxygen atoms in total. The number of aryl methyl sites for hydroxylation is 2. The predicted molar refractivity (Wildman–Crippen MR) is 194 cm³/mol. The number of anilines is 6. The molecule has 0 atom stereocenters. The van der Waals surface area contributed by atoms with Crippen LogP contribution in [-0.4, -0.2) is 0 Å². The topological polar surface area (TPSA) is 6.48 Å². The smallest absolute Gasteiger partial charge is 0.0718 e. The molecule has 0 bridgehead atoms. The molecule has 1 aliphatic heterocycles. The van der Waals surface area contributed by atoms with E-state index in [1.54, 1.807) is 0 Å². The van der Waals surface area contributed by atoms with Crippen LogP contribution in [0.2, 0.25) is 10.0 Å². The molecule has 0 amide bonds. The number of rotatable bonds is 16. The van der Waals surface area contributed by atoms with Gasteiger partial charge in [0.2, 0.25) is 0 Å². The molecule has 4 heteroatoms. The lowest BCUT2D eigenvalue weighted by Crippen LogP contribution is -2.24. The summed E-state index contributed by atoms with van der Waals surface area (Å²) < 4.78 is 0. The molecular weight excluding hydrogens is 579 g/mol. The zero-order valence-electron chi connectivity index (χ0n) is 26.6. The van der Waals surface area contributed by atoms with Crippen LogP contribution in [0.3, 0.4) is 0 Å². The number of hydrogen-bond donors (Lipinski definition) is 0. The van der Waals surface area contributed by atoms with Gasteiger partial charge in [0.05, 0.1) is 22.7 Å². The van der Waals surface area contributed by atoms with Crippen LogP contribution in [0, 0.1) is 0 Å². The molecular formula is C40H48Cl2N2. The summed E-state index contributed by atoms with van der Waals surface area (Å²) in [6.07, 6.45) is 18.1. The fraction of sp³-hybridized carbons (Fsp3) is 0.400. The van der Waals surface area contributed by atoms with E-state index in [0.717, 1.165) is 57.0 Å². The van der Waals surface area contributed by atoms with Crippen LogP contribution >= 0.6 is 23.2 Å². The average Bonchev–Trinajstić information content (AvgIpc) is 3.04. The minimum Gasteiger partial charge on any atom is -0.306 e. The Morgan fingerprint density at radius 3 is 1.16 bits per heavy atom. The average molecular weight is 628 g/mol. The molecule has 0 spiro atoms. The normalized spacial score (nSPS) is 12.4. The summed E-state index contributed by atoms with van der Waals surface area (Å²) in [6.45, 7) is 4.55. The second kappa shape index (κ2) is 16.4. The van der Waals surface area contributed by atoms with Crippen LogP contribution in [0.4, 0.5) is 34.1 Å². The zero-order valence-corrected chi connectivity index (χ0v) is 28.1. The molecule has 0 N–H and O–H groups in total. The minimum atomic E-state index is 0.722. The first-order valence-electron chi connectivity index (χ1n) is 17.0. The molecule has 0 fully saturated rings. The monoisotopic (exact) mass is 626 g/mol. The SMILES string of the molecule is CCCCCCCCc1ccc(N2c3ccc(Cl)cc3N(c3ccc(CCCCCCCC)cc3)c3ccc(Cl)cc32)cc1. The molecule has 1 aliphatic rings. The van der Waals surface area contributed by atoms with Gasteiger partial charge in [-0.05, 0) is 97.5 Å². The number of benzene rings is 4. The highest BCUT2D eigenvalue weighted by Crippen LogP contribution is 2.55. The summed E-state index contributed by atoms with van der Waals surface area (Å²) in [4.78, 5) is 4.65. The van der Waals surface area contributed by atoms with Crippen molar-refractivity contribution in [2.75, 3.05) is 9.80 Å². The van der Waals surface area contributed by atoms with Crippen molar-refractivity contribution in [3.05, 3.63) is 106 Å². The Hall–Kier alpha value is -2.94. The largest absolute Gasteiger partial charge is 0.306 e. The second-order valence-electron chi connectivity index (χ2n) is 12.3. The van der Waals surface area contributed by atoms with Crippen molar-refractivity contribution in [3.63, 3.8) is 0 Å². The molecule has 4 aromatic carbocycles. The quantitative estimate of drug-likeness (QED) is 0.100. The van der Waals surface area contributed by atoms with Gasteiger partial charge < -0.3 is 9.80 Å². The van der Waals surface area contributed by atoms with Crippen molar-refractivity contribution in [3.8, 4) is 0 Å². The van der Waals surface area contributed by atoms with Gasteiger partial charge in [0.15, 0.2) is 0 Å². The van der Waals surface area contributed by atoms with Gasteiger partial charge in [-0.15, -0.1) is 0 Å². The first-order chi connectivity index (χ1) is 21.6. The highest BCUT2D eigenvalue weighted by Gasteiger charge is 2.31. The van der Waals surface area contributed by atoms with Gasteiger partial charge in [0.25, 0.3) is 0 Å². The Morgan fingerprint density at radius 2 is 0.773 bits per heavy atom. The van der Waals surface area contributed by atoms with E-state index in [1.165, 1.54) is 88.2 Å². The van der Waals surface area contributed by atoms with Crippen LogP contribution in [0.1, 0.15) is 102 Å². The summed E-state index contributed by atoms with van der Waals surface area (Å²) in [7, 11) is 0. The highest BCUT2D eigenvalue weighted by molar-refractivity contribution is 6.32. The maximum Gasteiger partial charge on any atom is 0.0718 e. The summed E-state index contributed by atoms with van der Waals surface area (Å²) in [5, 5.41) is 1.44. The van der Waals surface area contributed by atoms with E-state index in [0.29, 0.717) is 0 Å². The first-order valence-corrected chi connectivity index (χ1v) is 17.7. The first kappa shape index (κ1) is 32.5. The Bertz CT molecular complexity index is 1350. The predicted octanol–water partition coefficient (Wildman–Crippen LogP) is 14.1. The molecule has 4 aromatic rings. The van der Waals surface area contributed by atoms with Crippen molar-refractivity contribution < 1.29 is 0 Å². The molecule has 0 saturated heterocycles. The lowest BCUT2D eigenvalue weighted by atomic mass is 10.0. The van der Waals surface area contributed by atoms with Crippen molar-refractivity contribution >= 4 is 57.3 Å². The van der Waals surface area contributed by atoms with Gasteiger partial charge in [-0.2, -0.15) is 0 Å². The third kappa shape index (κ3) is 8.20. The van der Waals surface area contributed by atoms with Crippen molar-refractivity contribution in [2.24, 2.45) is 0 Å². The number of halogens is 2. The number of nitrogens with zero attached hydrogens (tertiary/aromatic N) is 2. The van der Waals surface area contributed by atoms with Crippen LogP contribution in [-0.2, 0) is 12.8 Å². The third-order valence-electron chi connectivity index (χ3n) is 8.87. The summed E-state index contributed by atoms with van der Waals surface area (Å²) in [5.41, 5.74) is 9.33. The minimum absolute atomic E-state index is 0.722. The lowest BCUT2D eigenvalue weighted by molar-refractivity contribution is 0.607. The fourth-order valence-corrected chi connectivity index (χ4v) is 6.72. The fourth-order valence-electron chi connectivity index (χ4n) is 6.39. The van der Waals surface area contributed by atoms with Crippen molar-refractivity contribution in [1.82, 2.24) is 0 Å². The van der Waals surface area contributed by atoms with Crippen LogP contribution in [0.25, 0.3) is 0 Å².